The summed E-state index contributed by atoms with van der Waals surface area (Å²) in [5.41, 5.74) is 2.08. The molecule has 0 aliphatic carbocycles. The summed E-state index contributed by atoms with van der Waals surface area (Å²) < 4.78 is 10.9. The van der Waals surface area contributed by atoms with E-state index in [2.05, 4.69) is 22.8 Å². The van der Waals surface area contributed by atoms with Gasteiger partial charge in [0.1, 0.15) is 17.2 Å². The third kappa shape index (κ3) is 5.22. The highest BCUT2D eigenvalue weighted by atomic mass is 32.1. The summed E-state index contributed by atoms with van der Waals surface area (Å²) in [6.07, 6.45) is 0. The van der Waals surface area contributed by atoms with Crippen LogP contribution in [0.1, 0.15) is 5.56 Å². The normalized spacial score (nSPS) is 10.0. The standard InChI is InChI=1S/C21H20N2O2S/c1-24-18-11-13-20(14-12-18)25-19-9-7-17(8-10-19)23-21(26)22-15-16-5-3-2-4-6-16/h2-14H,15H2,1H3,(H2,22,23,26). The lowest BCUT2D eigenvalue weighted by Crippen LogP contribution is -2.27. The molecule has 0 aliphatic heterocycles. The Hall–Kier alpha value is -3.05. The highest BCUT2D eigenvalue weighted by Gasteiger charge is 2.01. The van der Waals surface area contributed by atoms with Gasteiger partial charge in [-0.25, -0.2) is 0 Å². The molecule has 0 heterocycles. The number of nitrogens with one attached hydrogen (secondary N) is 2. The van der Waals surface area contributed by atoms with Crippen molar-refractivity contribution in [2.75, 3.05) is 12.4 Å². The lowest BCUT2D eigenvalue weighted by atomic mass is 10.2. The lowest BCUT2D eigenvalue weighted by Gasteiger charge is -2.11. The Morgan fingerprint density at radius 1 is 0.808 bits per heavy atom. The van der Waals surface area contributed by atoms with Crippen molar-refractivity contribution in [2.24, 2.45) is 0 Å². The maximum absolute atomic E-state index is 5.81. The molecule has 26 heavy (non-hydrogen) atoms. The fourth-order valence-corrected chi connectivity index (χ4v) is 2.53. The van der Waals surface area contributed by atoms with Gasteiger partial charge >= 0.3 is 0 Å². The molecular weight excluding hydrogens is 344 g/mol. The number of rotatable bonds is 6. The number of ether oxygens (including phenoxy) is 2. The minimum absolute atomic E-state index is 0.581. The molecule has 0 bridgehead atoms. The lowest BCUT2D eigenvalue weighted by molar-refractivity contribution is 0.413. The molecule has 3 aromatic carbocycles. The van der Waals surface area contributed by atoms with Gasteiger partial charge in [0.15, 0.2) is 5.11 Å². The SMILES string of the molecule is COc1ccc(Oc2ccc(NC(=S)NCc3ccccc3)cc2)cc1. The second-order valence-corrected chi connectivity index (χ2v) is 6.00. The summed E-state index contributed by atoms with van der Waals surface area (Å²) in [6.45, 7) is 0.686. The zero-order chi connectivity index (χ0) is 18.2. The quantitative estimate of drug-likeness (QED) is 0.604. The van der Waals surface area contributed by atoms with E-state index in [4.69, 9.17) is 21.7 Å². The molecule has 0 fully saturated rings. The summed E-state index contributed by atoms with van der Waals surface area (Å²) in [6, 6.07) is 25.2. The van der Waals surface area contributed by atoms with Crippen molar-refractivity contribution in [1.29, 1.82) is 0 Å². The maximum Gasteiger partial charge on any atom is 0.171 e. The summed E-state index contributed by atoms with van der Waals surface area (Å²) in [5.74, 6) is 2.31. The molecule has 0 amide bonds. The highest BCUT2D eigenvalue weighted by molar-refractivity contribution is 7.80. The van der Waals surface area contributed by atoms with Gasteiger partial charge < -0.3 is 20.1 Å². The molecule has 0 saturated heterocycles. The molecule has 0 aliphatic rings. The number of thiocarbonyl (C=S) groups is 1. The van der Waals surface area contributed by atoms with Crippen LogP contribution < -0.4 is 20.1 Å². The Morgan fingerprint density at radius 3 is 2.00 bits per heavy atom. The molecule has 0 unspecified atom stereocenters. The van der Waals surface area contributed by atoms with E-state index in [-0.39, 0.29) is 0 Å². The average molecular weight is 364 g/mol. The topological polar surface area (TPSA) is 42.5 Å². The number of anilines is 1. The molecule has 3 rings (SSSR count). The van der Waals surface area contributed by atoms with Crippen LogP contribution in [-0.2, 0) is 6.54 Å². The van der Waals surface area contributed by atoms with Crippen LogP contribution in [-0.4, -0.2) is 12.2 Å². The Labute approximate surface area is 158 Å². The van der Waals surface area contributed by atoms with E-state index in [1.165, 1.54) is 5.56 Å². The molecule has 0 atom stereocenters. The summed E-state index contributed by atoms with van der Waals surface area (Å²) in [7, 11) is 1.64. The zero-order valence-corrected chi connectivity index (χ0v) is 15.3. The predicted molar refractivity (Wildman–Crippen MR) is 109 cm³/mol. The van der Waals surface area contributed by atoms with Crippen molar-refractivity contribution in [3.05, 3.63) is 84.4 Å². The fraction of sp³-hybridized carbons (Fsp3) is 0.0952. The van der Waals surface area contributed by atoms with Crippen molar-refractivity contribution >= 4 is 23.0 Å². The minimum Gasteiger partial charge on any atom is -0.497 e. The third-order valence-electron chi connectivity index (χ3n) is 3.70. The fourth-order valence-electron chi connectivity index (χ4n) is 2.34. The van der Waals surface area contributed by atoms with E-state index >= 15 is 0 Å². The smallest absolute Gasteiger partial charge is 0.171 e. The van der Waals surface area contributed by atoms with Crippen molar-refractivity contribution in [2.45, 2.75) is 6.54 Å². The van der Waals surface area contributed by atoms with Gasteiger partial charge in [-0.1, -0.05) is 30.3 Å². The van der Waals surface area contributed by atoms with Gasteiger partial charge in [-0.05, 0) is 66.3 Å². The number of methoxy groups -OCH3 is 1. The van der Waals surface area contributed by atoms with Crippen LogP contribution in [0.25, 0.3) is 0 Å². The maximum atomic E-state index is 5.81. The summed E-state index contributed by atoms with van der Waals surface area (Å²) >= 11 is 5.33. The van der Waals surface area contributed by atoms with Crippen molar-refractivity contribution in [3.8, 4) is 17.2 Å². The number of benzene rings is 3. The van der Waals surface area contributed by atoms with E-state index in [9.17, 15) is 0 Å². The molecule has 0 saturated carbocycles. The van der Waals surface area contributed by atoms with Gasteiger partial charge in [0.05, 0.1) is 7.11 Å². The zero-order valence-electron chi connectivity index (χ0n) is 14.4. The van der Waals surface area contributed by atoms with Crippen molar-refractivity contribution < 1.29 is 9.47 Å². The van der Waals surface area contributed by atoms with E-state index in [0.29, 0.717) is 11.7 Å². The van der Waals surface area contributed by atoms with Crippen LogP contribution in [0, 0.1) is 0 Å². The Balaban J connectivity index is 1.51. The van der Waals surface area contributed by atoms with Gasteiger partial charge in [0.2, 0.25) is 0 Å². The van der Waals surface area contributed by atoms with E-state index in [1.807, 2.05) is 66.7 Å². The Morgan fingerprint density at radius 2 is 1.38 bits per heavy atom. The second-order valence-electron chi connectivity index (χ2n) is 5.60. The van der Waals surface area contributed by atoms with Crippen LogP contribution in [0.3, 0.4) is 0 Å². The molecule has 132 valence electrons. The van der Waals surface area contributed by atoms with Crippen molar-refractivity contribution in [3.63, 3.8) is 0 Å². The number of hydrogen-bond donors (Lipinski definition) is 2. The van der Waals surface area contributed by atoms with Crippen LogP contribution in [0.5, 0.6) is 17.2 Å². The molecule has 4 nitrogen and oxygen atoms in total. The Kier molecular flexibility index (Phi) is 6.06. The average Bonchev–Trinajstić information content (AvgIpc) is 2.69. The third-order valence-corrected chi connectivity index (χ3v) is 3.95. The molecule has 5 heteroatoms. The van der Waals surface area contributed by atoms with Gasteiger partial charge in [-0.2, -0.15) is 0 Å². The predicted octanol–water partition coefficient (Wildman–Crippen LogP) is 4.97. The van der Waals surface area contributed by atoms with E-state index < -0.39 is 0 Å². The largest absolute Gasteiger partial charge is 0.497 e. The molecule has 0 radical (unpaired) electrons. The first-order chi connectivity index (χ1) is 12.7. The minimum atomic E-state index is 0.581. The van der Waals surface area contributed by atoms with Gasteiger partial charge in [-0.3, -0.25) is 0 Å². The first kappa shape index (κ1) is 17.8. The summed E-state index contributed by atoms with van der Waals surface area (Å²) in [4.78, 5) is 0. The molecule has 0 spiro atoms. The molecular formula is C21H20N2O2S. The second kappa shape index (κ2) is 8.87. The molecule has 2 N–H and O–H groups in total. The van der Waals surface area contributed by atoms with Crippen molar-refractivity contribution in [1.82, 2.24) is 5.32 Å². The highest BCUT2D eigenvalue weighted by Crippen LogP contribution is 2.24. The molecule has 0 aromatic heterocycles. The van der Waals surface area contributed by atoms with Crippen LogP contribution in [0.4, 0.5) is 5.69 Å². The van der Waals surface area contributed by atoms with Gasteiger partial charge in [-0.15, -0.1) is 0 Å². The first-order valence-electron chi connectivity index (χ1n) is 8.24. The van der Waals surface area contributed by atoms with Crippen LogP contribution in [0.2, 0.25) is 0 Å². The van der Waals surface area contributed by atoms with Crippen LogP contribution >= 0.6 is 12.2 Å². The van der Waals surface area contributed by atoms with Crippen LogP contribution in [0.15, 0.2) is 78.9 Å². The monoisotopic (exact) mass is 364 g/mol. The Bertz CT molecular complexity index is 834. The summed E-state index contributed by atoms with van der Waals surface area (Å²) in [5, 5.41) is 6.94. The van der Waals surface area contributed by atoms with E-state index in [0.717, 1.165) is 22.9 Å². The van der Waals surface area contributed by atoms with Gasteiger partial charge in [0.25, 0.3) is 0 Å². The first-order valence-corrected chi connectivity index (χ1v) is 8.64. The molecule has 3 aromatic rings. The number of hydrogen-bond acceptors (Lipinski definition) is 3. The van der Waals surface area contributed by atoms with E-state index in [1.54, 1.807) is 7.11 Å². The van der Waals surface area contributed by atoms with Gasteiger partial charge in [0, 0.05) is 12.2 Å².